The molecule has 1 aliphatic heterocycles. The summed E-state index contributed by atoms with van der Waals surface area (Å²) >= 11 is 1.39. The number of hydrogen-bond donors (Lipinski definition) is 1. The fourth-order valence-electron chi connectivity index (χ4n) is 2.75. The van der Waals surface area contributed by atoms with E-state index in [0.717, 1.165) is 31.5 Å². The molecule has 3 nitrogen and oxygen atoms in total. The number of rotatable bonds is 5. The molecule has 1 saturated heterocycles. The van der Waals surface area contributed by atoms with E-state index in [1.54, 1.807) is 6.07 Å². The van der Waals surface area contributed by atoms with Crippen molar-refractivity contribution in [1.29, 1.82) is 5.26 Å². The lowest BCUT2D eigenvalue weighted by molar-refractivity contribution is 0.115. The molecule has 0 saturated carbocycles. The molecule has 1 fully saturated rings. The number of nitriles is 1. The first kappa shape index (κ1) is 19.8. The van der Waals surface area contributed by atoms with E-state index in [-0.39, 0.29) is 11.2 Å². The van der Waals surface area contributed by atoms with Gasteiger partial charge in [0.1, 0.15) is 0 Å². The van der Waals surface area contributed by atoms with Gasteiger partial charge in [0.25, 0.3) is 0 Å². The summed E-state index contributed by atoms with van der Waals surface area (Å²) in [4.78, 5) is 2.28. The molecule has 1 N–H and O–H groups in total. The molecule has 0 aromatic heterocycles. The van der Waals surface area contributed by atoms with Crippen LogP contribution in [-0.4, -0.2) is 24.2 Å². The lowest BCUT2D eigenvalue weighted by Crippen LogP contribution is -2.38. The molecule has 0 bridgehead atoms. The van der Waals surface area contributed by atoms with Crippen LogP contribution in [0.15, 0.2) is 18.2 Å². The highest BCUT2D eigenvalue weighted by atomic mass is 32.2. The number of benzene rings is 1. The molecule has 0 spiro atoms. The summed E-state index contributed by atoms with van der Waals surface area (Å²) in [6, 6.07) is 7.78. The Morgan fingerprint density at radius 3 is 2.57 bits per heavy atom. The Hall–Kier alpha value is -1.25. The Labute approximate surface area is 144 Å². The van der Waals surface area contributed by atoms with Gasteiger partial charge in [-0.05, 0) is 37.4 Å². The van der Waals surface area contributed by atoms with Crippen molar-refractivity contribution in [2.24, 2.45) is 5.41 Å². The maximum absolute atomic E-state index is 14.3. The summed E-state index contributed by atoms with van der Waals surface area (Å²) in [5.74, 6) is -0.155. The third-order valence-electron chi connectivity index (χ3n) is 4.25. The van der Waals surface area contributed by atoms with Gasteiger partial charge in [0, 0.05) is 24.8 Å². The van der Waals surface area contributed by atoms with E-state index in [2.05, 4.69) is 22.6 Å². The number of likely N-dealkylation sites (tertiary alicyclic amines) is 1. The predicted molar refractivity (Wildman–Crippen MR) is 97.7 cm³/mol. The minimum atomic E-state index is -0.155. The third-order valence-corrected chi connectivity index (χ3v) is 4.68. The monoisotopic (exact) mass is 337 g/mol. The van der Waals surface area contributed by atoms with Gasteiger partial charge in [0.05, 0.1) is 11.8 Å². The number of halogens is 1. The van der Waals surface area contributed by atoms with Gasteiger partial charge < -0.3 is 4.72 Å². The highest BCUT2D eigenvalue weighted by Gasteiger charge is 2.30. The van der Waals surface area contributed by atoms with Crippen molar-refractivity contribution in [2.75, 3.05) is 24.1 Å². The van der Waals surface area contributed by atoms with Crippen LogP contribution in [0.5, 0.6) is 0 Å². The van der Waals surface area contributed by atoms with Crippen molar-refractivity contribution in [3.05, 3.63) is 29.6 Å². The lowest BCUT2D eigenvalue weighted by Gasteiger charge is -2.38. The molecule has 128 valence electrons. The van der Waals surface area contributed by atoms with Crippen molar-refractivity contribution in [3.8, 4) is 6.07 Å². The number of anilines is 1. The zero-order chi connectivity index (χ0) is 17.3. The van der Waals surface area contributed by atoms with Crippen LogP contribution in [0.1, 0.15) is 45.6 Å². The topological polar surface area (TPSA) is 39.1 Å². The molecule has 0 radical (unpaired) electrons. The molecule has 0 atom stereocenters. The zero-order valence-corrected chi connectivity index (χ0v) is 15.5. The van der Waals surface area contributed by atoms with E-state index in [9.17, 15) is 4.39 Å². The first-order valence-corrected chi connectivity index (χ1v) is 9.46. The highest BCUT2D eigenvalue weighted by Crippen LogP contribution is 2.34. The van der Waals surface area contributed by atoms with E-state index < -0.39 is 0 Å². The minimum absolute atomic E-state index is 0.131. The zero-order valence-electron chi connectivity index (χ0n) is 14.7. The first-order valence-electron chi connectivity index (χ1n) is 8.24. The van der Waals surface area contributed by atoms with Gasteiger partial charge in [-0.2, -0.15) is 5.26 Å². The number of piperidine rings is 1. The number of hydrogen-bond acceptors (Lipinski definition) is 4. The molecule has 23 heavy (non-hydrogen) atoms. The molecule has 1 aromatic rings. The van der Waals surface area contributed by atoms with Crippen molar-refractivity contribution < 1.29 is 4.39 Å². The average Bonchev–Trinajstić information content (AvgIpc) is 2.56. The summed E-state index contributed by atoms with van der Waals surface area (Å²) < 4.78 is 17.3. The summed E-state index contributed by atoms with van der Waals surface area (Å²) in [6.45, 7) is 8.67. The smallest absolute Gasteiger partial charge is 0.151 e. The molecule has 2 rings (SSSR count). The summed E-state index contributed by atoms with van der Waals surface area (Å²) in [6.07, 6.45) is 4.50. The van der Waals surface area contributed by atoms with E-state index in [1.165, 1.54) is 11.9 Å². The Balaban J connectivity index is 0.00000127. The van der Waals surface area contributed by atoms with E-state index in [4.69, 9.17) is 5.26 Å². The average molecular weight is 338 g/mol. The molecule has 0 aliphatic carbocycles. The quantitative estimate of drug-likeness (QED) is 0.763. The Morgan fingerprint density at radius 2 is 2.00 bits per heavy atom. The fraction of sp³-hybridized carbons (Fsp3) is 0.611. The second-order valence-corrected chi connectivity index (χ2v) is 6.62. The second-order valence-electron chi connectivity index (χ2n) is 6.01. The molecular formula is C18H28FN3S. The predicted octanol–water partition coefficient (Wildman–Crippen LogP) is 5.06. The van der Waals surface area contributed by atoms with Gasteiger partial charge in [-0.3, -0.25) is 4.90 Å². The molecule has 1 aromatic carbocycles. The summed E-state index contributed by atoms with van der Waals surface area (Å²) in [5.41, 5.74) is 1.41. The minimum Gasteiger partial charge on any atom is -0.328 e. The summed E-state index contributed by atoms with van der Waals surface area (Å²) in [5, 5.41) is 8.88. The first-order chi connectivity index (χ1) is 11.1. The maximum Gasteiger partial charge on any atom is 0.151 e. The van der Waals surface area contributed by atoms with E-state index in [1.807, 2.05) is 32.2 Å². The van der Waals surface area contributed by atoms with Crippen LogP contribution in [0.3, 0.4) is 0 Å². The van der Waals surface area contributed by atoms with Crippen LogP contribution in [-0.2, 0) is 6.54 Å². The molecule has 1 aliphatic rings. The maximum atomic E-state index is 14.3. The molecular weight excluding hydrogens is 309 g/mol. The van der Waals surface area contributed by atoms with E-state index in [0.29, 0.717) is 18.7 Å². The SMILES string of the molecule is CC.CSNc1cccc(CN2CCC(C)(CC#N)CC2)c1F. The number of nitrogens with zero attached hydrogens (tertiary/aromatic N) is 2. The van der Waals surface area contributed by atoms with Crippen molar-refractivity contribution in [2.45, 2.75) is 46.6 Å². The third kappa shape index (κ3) is 5.71. The van der Waals surface area contributed by atoms with Crippen LogP contribution < -0.4 is 4.72 Å². The van der Waals surface area contributed by atoms with Crippen molar-refractivity contribution >= 4 is 17.6 Å². The van der Waals surface area contributed by atoms with Crippen LogP contribution in [0.25, 0.3) is 0 Å². The molecule has 1 heterocycles. The Kier molecular flexibility index (Phi) is 8.43. The number of nitrogens with one attached hydrogen (secondary N) is 1. The largest absolute Gasteiger partial charge is 0.328 e. The lowest BCUT2D eigenvalue weighted by atomic mass is 9.78. The van der Waals surface area contributed by atoms with E-state index >= 15 is 0 Å². The van der Waals surface area contributed by atoms with Crippen LogP contribution in [0, 0.1) is 22.6 Å². The van der Waals surface area contributed by atoms with Gasteiger partial charge in [-0.25, -0.2) is 4.39 Å². The molecule has 0 amide bonds. The Bertz CT molecular complexity index is 519. The van der Waals surface area contributed by atoms with Crippen molar-refractivity contribution in [3.63, 3.8) is 0 Å². The van der Waals surface area contributed by atoms with Crippen LogP contribution >= 0.6 is 11.9 Å². The van der Waals surface area contributed by atoms with Gasteiger partial charge >= 0.3 is 0 Å². The second kappa shape index (κ2) is 9.79. The Morgan fingerprint density at radius 1 is 1.35 bits per heavy atom. The standard InChI is InChI=1S/C16H22FN3S.C2H6/c1-16(6-9-18)7-10-20(11-8-16)12-13-4-3-5-14(15(13)17)19-21-2;1-2/h3-5,19H,6-8,10-12H2,1-2H3;1-2H3. The van der Waals surface area contributed by atoms with Gasteiger partial charge in [0.15, 0.2) is 5.82 Å². The summed E-state index contributed by atoms with van der Waals surface area (Å²) in [7, 11) is 0. The highest BCUT2D eigenvalue weighted by molar-refractivity contribution is 7.99. The molecule has 0 unspecified atom stereocenters. The van der Waals surface area contributed by atoms with Crippen LogP contribution in [0.4, 0.5) is 10.1 Å². The molecule has 5 heteroatoms. The van der Waals surface area contributed by atoms with Gasteiger partial charge in [0.2, 0.25) is 0 Å². The van der Waals surface area contributed by atoms with Crippen molar-refractivity contribution in [1.82, 2.24) is 4.90 Å². The van der Waals surface area contributed by atoms with Crippen LogP contribution in [0.2, 0.25) is 0 Å². The van der Waals surface area contributed by atoms with Gasteiger partial charge in [-0.1, -0.05) is 44.9 Å². The normalized spacial score (nSPS) is 16.9. The fourth-order valence-corrected chi connectivity index (χ4v) is 3.13. The van der Waals surface area contributed by atoms with Gasteiger partial charge in [-0.15, -0.1) is 0 Å².